The lowest BCUT2D eigenvalue weighted by atomic mass is 9.95. The van der Waals surface area contributed by atoms with E-state index in [1.165, 1.54) is 12.0 Å². The van der Waals surface area contributed by atoms with Gasteiger partial charge in [0.2, 0.25) is 0 Å². The zero-order chi connectivity index (χ0) is 22.1. The van der Waals surface area contributed by atoms with Gasteiger partial charge in [-0.05, 0) is 36.8 Å². The van der Waals surface area contributed by atoms with Crippen molar-refractivity contribution in [2.45, 2.75) is 13.0 Å². The number of ketones is 1. The lowest BCUT2D eigenvalue weighted by Crippen LogP contribution is -2.29. The van der Waals surface area contributed by atoms with Crippen molar-refractivity contribution >= 4 is 23.3 Å². The number of carbonyl (C=O) groups is 2. The second-order valence-corrected chi connectivity index (χ2v) is 6.97. The van der Waals surface area contributed by atoms with Gasteiger partial charge in [0.05, 0.1) is 25.8 Å². The molecule has 1 fully saturated rings. The number of aliphatic hydroxyl groups is 1. The second kappa shape index (κ2) is 7.98. The first-order valence-corrected chi connectivity index (χ1v) is 9.47. The summed E-state index contributed by atoms with van der Waals surface area (Å²) in [4.78, 5) is 27.3. The Balaban J connectivity index is 1.92. The van der Waals surface area contributed by atoms with Crippen molar-refractivity contribution < 1.29 is 28.7 Å². The minimum Gasteiger partial charge on any atom is -0.507 e. The third-order valence-corrected chi connectivity index (χ3v) is 5.08. The lowest BCUT2D eigenvalue weighted by molar-refractivity contribution is -0.132. The largest absolute Gasteiger partial charge is 0.507 e. The van der Waals surface area contributed by atoms with Crippen molar-refractivity contribution in [3.63, 3.8) is 0 Å². The molecule has 0 aliphatic carbocycles. The number of nitrogens with zero attached hydrogens (tertiary/aromatic N) is 2. The quantitative estimate of drug-likeness (QED) is 0.382. The smallest absolute Gasteiger partial charge is 0.301 e. The highest BCUT2D eigenvalue weighted by atomic mass is 16.5. The van der Waals surface area contributed by atoms with E-state index in [0.29, 0.717) is 28.4 Å². The molecule has 1 aliphatic rings. The maximum absolute atomic E-state index is 13.0. The van der Waals surface area contributed by atoms with Crippen LogP contribution < -0.4 is 14.4 Å². The molecule has 1 amide bonds. The highest BCUT2D eigenvalue weighted by Crippen LogP contribution is 2.42. The molecule has 1 saturated heterocycles. The fourth-order valence-electron chi connectivity index (χ4n) is 3.56. The molecule has 1 unspecified atom stereocenters. The molecule has 1 atom stereocenters. The highest BCUT2D eigenvalue weighted by molar-refractivity contribution is 6.51. The first-order chi connectivity index (χ1) is 14.9. The van der Waals surface area contributed by atoms with E-state index in [0.717, 1.165) is 0 Å². The summed E-state index contributed by atoms with van der Waals surface area (Å²) in [6.45, 7) is 1.69. The molecule has 2 heterocycles. The van der Waals surface area contributed by atoms with Crippen LogP contribution in [0.2, 0.25) is 0 Å². The van der Waals surface area contributed by atoms with Gasteiger partial charge in [-0.15, -0.1) is 0 Å². The van der Waals surface area contributed by atoms with E-state index in [1.807, 2.05) is 0 Å². The van der Waals surface area contributed by atoms with Crippen molar-refractivity contribution in [3.8, 4) is 11.5 Å². The maximum atomic E-state index is 13.0. The number of Topliss-reactive ketones (excluding diaryl/α,β-unsaturated/α-hetero) is 1. The number of carbonyl (C=O) groups excluding carboxylic acids is 2. The topological polar surface area (TPSA) is 102 Å². The molecule has 0 radical (unpaired) electrons. The molecule has 3 aromatic rings. The molecule has 8 heteroatoms. The average molecular weight is 420 g/mol. The van der Waals surface area contributed by atoms with Gasteiger partial charge in [0.25, 0.3) is 5.78 Å². The Hall–Kier alpha value is -4.07. The van der Waals surface area contributed by atoms with Gasteiger partial charge in [-0.25, -0.2) is 0 Å². The molecule has 1 aliphatic heterocycles. The van der Waals surface area contributed by atoms with Gasteiger partial charge in [0.15, 0.2) is 5.82 Å². The Morgan fingerprint density at radius 3 is 2.35 bits per heavy atom. The van der Waals surface area contributed by atoms with Crippen LogP contribution in [-0.4, -0.2) is 36.2 Å². The molecule has 0 saturated carbocycles. The second-order valence-electron chi connectivity index (χ2n) is 6.97. The summed E-state index contributed by atoms with van der Waals surface area (Å²) < 4.78 is 15.5. The number of hydrogen-bond donors (Lipinski definition) is 1. The van der Waals surface area contributed by atoms with E-state index in [-0.39, 0.29) is 17.2 Å². The molecule has 0 bridgehead atoms. The molecule has 31 heavy (non-hydrogen) atoms. The van der Waals surface area contributed by atoms with Crippen molar-refractivity contribution in [1.82, 2.24) is 5.16 Å². The van der Waals surface area contributed by atoms with Gasteiger partial charge < -0.3 is 19.1 Å². The van der Waals surface area contributed by atoms with Gasteiger partial charge in [0.1, 0.15) is 23.0 Å². The number of rotatable bonds is 5. The number of anilines is 1. The minimum absolute atomic E-state index is 0.0518. The van der Waals surface area contributed by atoms with Gasteiger partial charge in [-0.2, -0.15) is 0 Å². The summed E-state index contributed by atoms with van der Waals surface area (Å²) >= 11 is 0. The van der Waals surface area contributed by atoms with Crippen LogP contribution >= 0.6 is 0 Å². The summed E-state index contributed by atoms with van der Waals surface area (Å²) in [6, 6.07) is 14.2. The van der Waals surface area contributed by atoms with E-state index in [2.05, 4.69) is 5.16 Å². The van der Waals surface area contributed by atoms with Crippen molar-refractivity contribution in [1.29, 1.82) is 0 Å². The monoisotopic (exact) mass is 420 g/mol. The third kappa shape index (κ3) is 3.52. The van der Waals surface area contributed by atoms with Crippen LogP contribution in [0.15, 0.2) is 64.7 Å². The lowest BCUT2D eigenvalue weighted by Gasteiger charge is -2.23. The Labute approximate surface area is 178 Å². The summed E-state index contributed by atoms with van der Waals surface area (Å²) in [5.74, 6) is -0.137. The number of aryl methyl sites for hydroxylation is 1. The van der Waals surface area contributed by atoms with Gasteiger partial charge in [-0.3, -0.25) is 14.5 Å². The zero-order valence-corrected chi connectivity index (χ0v) is 17.2. The Morgan fingerprint density at radius 1 is 1.03 bits per heavy atom. The van der Waals surface area contributed by atoms with Crippen molar-refractivity contribution in [2.75, 3.05) is 19.1 Å². The maximum Gasteiger partial charge on any atom is 0.301 e. The van der Waals surface area contributed by atoms with Crippen LogP contribution in [0.4, 0.5) is 5.82 Å². The number of ether oxygens (including phenoxy) is 2. The predicted molar refractivity (Wildman–Crippen MR) is 112 cm³/mol. The molecular formula is C23H20N2O6. The SMILES string of the molecule is COc1ccc(C2C(=C(O)c3cccc(OC)c3)C(=O)C(=O)N2c2cc(C)on2)cc1. The fraction of sp³-hybridized carbons (Fsp3) is 0.174. The van der Waals surface area contributed by atoms with Crippen LogP contribution in [0.25, 0.3) is 5.76 Å². The molecule has 8 nitrogen and oxygen atoms in total. The zero-order valence-electron chi connectivity index (χ0n) is 17.2. The van der Waals surface area contributed by atoms with E-state index >= 15 is 0 Å². The Morgan fingerprint density at radius 2 is 1.74 bits per heavy atom. The Bertz CT molecular complexity index is 1180. The number of aromatic nitrogens is 1. The van der Waals surface area contributed by atoms with Crippen molar-refractivity contribution in [3.05, 3.63) is 77.1 Å². The van der Waals surface area contributed by atoms with E-state index in [1.54, 1.807) is 68.6 Å². The summed E-state index contributed by atoms with van der Waals surface area (Å²) in [6.07, 6.45) is 0. The number of methoxy groups -OCH3 is 2. The predicted octanol–water partition coefficient (Wildman–Crippen LogP) is 3.63. The van der Waals surface area contributed by atoms with Crippen molar-refractivity contribution in [2.24, 2.45) is 0 Å². The van der Waals surface area contributed by atoms with Crippen LogP contribution in [0.5, 0.6) is 11.5 Å². The van der Waals surface area contributed by atoms with Crippen LogP contribution in [0, 0.1) is 6.92 Å². The summed E-state index contributed by atoms with van der Waals surface area (Å²) in [5.41, 5.74) is 0.904. The first kappa shape index (κ1) is 20.2. The number of amides is 1. The van der Waals surface area contributed by atoms with E-state index < -0.39 is 17.7 Å². The number of hydrogen-bond acceptors (Lipinski definition) is 7. The molecule has 4 rings (SSSR count). The highest BCUT2D eigenvalue weighted by Gasteiger charge is 2.48. The molecule has 0 spiro atoms. The van der Waals surface area contributed by atoms with E-state index in [9.17, 15) is 14.7 Å². The molecule has 2 aromatic carbocycles. The molecule has 1 N–H and O–H groups in total. The molecule has 1 aromatic heterocycles. The third-order valence-electron chi connectivity index (χ3n) is 5.08. The van der Waals surface area contributed by atoms with Gasteiger partial charge >= 0.3 is 5.91 Å². The Kier molecular flexibility index (Phi) is 5.21. The van der Waals surface area contributed by atoms with Crippen LogP contribution in [-0.2, 0) is 9.59 Å². The normalized spacial score (nSPS) is 17.8. The summed E-state index contributed by atoms with van der Waals surface area (Å²) in [7, 11) is 3.05. The number of benzene rings is 2. The van der Waals surface area contributed by atoms with Gasteiger partial charge in [-0.1, -0.05) is 29.4 Å². The average Bonchev–Trinajstić information content (AvgIpc) is 3.34. The first-order valence-electron chi connectivity index (χ1n) is 9.47. The van der Waals surface area contributed by atoms with Crippen LogP contribution in [0.1, 0.15) is 22.9 Å². The standard InChI is InChI=1S/C23H20N2O6/c1-13-11-18(24-31-13)25-20(14-7-9-16(29-2)10-8-14)19(22(27)23(25)28)21(26)15-5-4-6-17(12-15)30-3/h4-12,20,26H,1-3H3. The fourth-order valence-corrected chi connectivity index (χ4v) is 3.56. The summed E-state index contributed by atoms with van der Waals surface area (Å²) in [5, 5.41) is 15.0. The van der Waals surface area contributed by atoms with Gasteiger partial charge in [0, 0.05) is 11.6 Å². The molecular weight excluding hydrogens is 400 g/mol. The van der Waals surface area contributed by atoms with Crippen LogP contribution in [0.3, 0.4) is 0 Å². The number of aliphatic hydroxyl groups excluding tert-OH is 1. The molecule has 158 valence electrons. The minimum atomic E-state index is -0.901. The van der Waals surface area contributed by atoms with E-state index in [4.69, 9.17) is 14.0 Å².